The van der Waals surface area contributed by atoms with Gasteiger partial charge in [0, 0.05) is 44.4 Å². The van der Waals surface area contributed by atoms with Gasteiger partial charge in [-0.1, -0.05) is 0 Å². The Bertz CT molecular complexity index is 545. The van der Waals surface area contributed by atoms with Gasteiger partial charge in [-0.15, -0.1) is 0 Å². The minimum atomic E-state index is 0.542. The monoisotopic (exact) mass is 350 g/mol. The van der Waals surface area contributed by atoms with Crippen molar-refractivity contribution in [1.82, 2.24) is 15.5 Å². The Morgan fingerprint density at radius 2 is 2.00 bits per heavy atom. The van der Waals surface area contributed by atoms with Crippen molar-refractivity contribution in [3.8, 4) is 11.5 Å². The number of rotatable bonds is 8. The van der Waals surface area contributed by atoms with Gasteiger partial charge in [0.2, 0.25) is 0 Å². The second-order valence-corrected chi connectivity index (χ2v) is 5.75. The van der Waals surface area contributed by atoms with Crippen LogP contribution in [0.5, 0.6) is 11.5 Å². The summed E-state index contributed by atoms with van der Waals surface area (Å²) in [6.45, 7) is 8.91. The fraction of sp³-hybridized carbons (Fsp3) is 0.611. The van der Waals surface area contributed by atoms with Crippen molar-refractivity contribution in [2.24, 2.45) is 4.99 Å². The topological polar surface area (TPSA) is 67.4 Å². The van der Waals surface area contributed by atoms with Crippen LogP contribution in [0.25, 0.3) is 0 Å². The van der Waals surface area contributed by atoms with Gasteiger partial charge in [0.15, 0.2) is 5.96 Å². The van der Waals surface area contributed by atoms with E-state index >= 15 is 0 Å². The van der Waals surface area contributed by atoms with E-state index < -0.39 is 0 Å². The molecule has 1 aromatic carbocycles. The van der Waals surface area contributed by atoms with Gasteiger partial charge >= 0.3 is 0 Å². The molecule has 1 aromatic rings. The molecule has 0 aliphatic carbocycles. The lowest BCUT2D eigenvalue weighted by Gasteiger charge is -2.26. The molecule has 0 amide bonds. The number of nitrogens with zero attached hydrogens (tertiary/aromatic N) is 2. The zero-order chi connectivity index (χ0) is 17.9. The largest absolute Gasteiger partial charge is 0.497 e. The van der Waals surface area contributed by atoms with Gasteiger partial charge in [0.1, 0.15) is 11.5 Å². The van der Waals surface area contributed by atoms with Crippen molar-refractivity contribution in [3.05, 3.63) is 23.8 Å². The number of morpholine rings is 1. The SMILES string of the molecule is CCNC(=NCc1ccc(OC)cc1OC)NCCN1CCOCC1. The van der Waals surface area contributed by atoms with Crippen LogP contribution in [0.15, 0.2) is 23.2 Å². The summed E-state index contributed by atoms with van der Waals surface area (Å²) in [5.74, 6) is 2.38. The smallest absolute Gasteiger partial charge is 0.191 e. The van der Waals surface area contributed by atoms with Gasteiger partial charge < -0.3 is 24.8 Å². The average Bonchev–Trinajstić information content (AvgIpc) is 2.66. The van der Waals surface area contributed by atoms with Crippen LogP contribution in [0, 0.1) is 0 Å². The Labute approximate surface area is 150 Å². The standard InChI is InChI=1S/C18H30N4O3/c1-4-19-18(20-7-8-22-9-11-25-12-10-22)21-14-15-5-6-16(23-2)13-17(15)24-3/h5-6,13H,4,7-12,14H2,1-3H3,(H2,19,20,21). The summed E-state index contributed by atoms with van der Waals surface area (Å²) in [7, 11) is 3.31. The van der Waals surface area contributed by atoms with Crippen LogP contribution < -0.4 is 20.1 Å². The molecule has 1 heterocycles. The van der Waals surface area contributed by atoms with Crippen molar-refractivity contribution >= 4 is 5.96 Å². The number of methoxy groups -OCH3 is 2. The molecule has 0 saturated carbocycles. The minimum Gasteiger partial charge on any atom is -0.497 e. The van der Waals surface area contributed by atoms with Gasteiger partial charge in [-0.3, -0.25) is 4.90 Å². The molecule has 0 aromatic heterocycles. The summed E-state index contributed by atoms with van der Waals surface area (Å²) in [6.07, 6.45) is 0. The van der Waals surface area contributed by atoms with Crippen LogP contribution in [0.3, 0.4) is 0 Å². The zero-order valence-corrected chi connectivity index (χ0v) is 15.5. The Morgan fingerprint density at radius 3 is 2.68 bits per heavy atom. The molecule has 0 atom stereocenters. The summed E-state index contributed by atoms with van der Waals surface area (Å²) in [4.78, 5) is 7.06. The number of hydrogen-bond acceptors (Lipinski definition) is 5. The summed E-state index contributed by atoms with van der Waals surface area (Å²) >= 11 is 0. The van der Waals surface area contributed by atoms with E-state index in [-0.39, 0.29) is 0 Å². The van der Waals surface area contributed by atoms with Crippen LogP contribution in [-0.4, -0.2) is 71.0 Å². The van der Waals surface area contributed by atoms with Crippen LogP contribution in [0.4, 0.5) is 0 Å². The van der Waals surface area contributed by atoms with E-state index in [1.807, 2.05) is 18.2 Å². The first-order valence-corrected chi connectivity index (χ1v) is 8.80. The van der Waals surface area contributed by atoms with Gasteiger partial charge in [-0.2, -0.15) is 0 Å². The maximum Gasteiger partial charge on any atom is 0.191 e. The molecular weight excluding hydrogens is 320 g/mol. The van der Waals surface area contributed by atoms with Gasteiger partial charge in [0.25, 0.3) is 0 Å². The lowest BCUT2D eigenvalue weighted by Crippen LogP contribution is -2.44. The number of guanidine groups is 1. The minimum absolute atomic E-state index is 0.542. The molecule has 140 valence electrons. The maximum atomic E-state index is 5.43. The van der Waals surface area contributed by atoms with Crippen molar-refractivity contribution < 1.29 is 14.2 Å². The molecule has 0 radical (unpaired) electrons. The van der Waals surface area contributed by atoms with E-state index in [4.69, 9.17) is 14.2 Å². The first-order valence-electron chi connectivity index (χ1n) is 8.80. The fourth-order valence-corrected chi connectivity index (χ4v) is 2.65. The van der Waals surface area contributed by atoms with Crippen molar-refractivity contribution in [2.75, 3.05) is 60.2 Å². The van der Waals surface area contributed by atoms with E-state index in [9.17, 15) is 0 Å². The maximum absolute atomic E-state index is 5.43. The quantitative estimate of drug-likeness (QED) is 0.540. The summed E-state index contributed by atoms with van der Waals surface area (Å²) in [5, 5.41) is 6.67. The van der Waals surface area contributed by atoms with Crippen molar-refractivity contribution in [2.45, 2.75) is 13.5 Å². The number of hydrogen-bond donors (Lipinski definition) is 2. The summed E-state index contributed by atoms with van der Waals surface area (Å²) in [6, 6.07) is 5.79. The van der Waals surface area contributed by atoms with Crippen molar-refractivity contribution in [3.63, 3.8) is 0 Å². The molecule has 0 unspecified atom stereocenters. The third-order valence-corrected chi connectivity index (χ3v) is 4.07. The number of aliphatic imine (C=N–C) groups is 1. The molecule has 1 fully saturated rings. The number of nitrogens with one attached hydrogen (secondary N) is 2. The highest BCUT2D eigenvalue weighted by Gasteiger charge is 2.10. The van der Waals surface area contributed by atoms with E-state index in [2.05, 4.69) is 27.4 Å². The first-order chi connectivity index (χ1) is 12.3. The Hall–Kier alpha value is -1.99. The van der Waals surface area contributed by atoms with Crippen LogP contribution in [0.2, 0.25) is 0 Å². The third kappa shape index (κ3) is 6.43. The van der Waals surface area contributed by atoms with Crippen LogP contribution >= 0.6 is 0 Å². The van der Waals surface area contributed by atoms with Gasteiger partial charge in [-0.05, 0) is 19.1 Å². The molecule has 2 N–H and O–H groups in total. The Kier molecular flexibility index (Phi) is 8.34. The highest BCUT2D eigenvalue weighted by molar-refractivity contribution is 5.79. The third-order valence-electron chi connectivity index (χ3n) is 4.07. The normalized spacial score (nSPS) is 15.7. The molecule has 0 spiro atoms. The summed E-state index contributed by atoms with van der Waals surface area (Å²) in [5.41, 5.74) is 1.02. The molecule has 7 nitrogen and oxygen atoms in total. The summed E-state index contributed by atoms with van der Waals surface area (Å²) < 4.78 is 16.0. The highest BCUT2D eigenvalue weighted by atomic mass is 16.5. The van der Waals surface area contributed by atoms with E-state index in [0.29, 0.717) is 6.54 Å². The molecule has 1 aliphatic heterocycles. The molecule has 1 saturated heterocycles. The lowest BCUT2D eigenvalue weighted by molar-refractivity contribution is 0.0389. The second-order valence-electron chi connectivity index (χ2n) is 5.75. The van der Waals surface area contributed by atoms with E-state index in [1.54, 1.807) is 14.2 Å². The number of benzene rings is 1. The van der Waals surface area contributed by atoms with Crippen LogP contribution in [0.1, 0.15) is 12.5 Å². The van der Waals surface area contributed by atoms with Gasteiger partial charge in [-0.25, -0.2) is 4.99 Å². The highest BCUT2D eigenvalue weighted by Crippen LogP contribution is 2.25. The molecule has 0 bridgehead atoms. The first kappa shape index (κ1) is 19.3. The Morgan fingerprint density at radius 1 is 1.20 bits per heavy atom. The van der Waals surface area contributed by atoms with E-state index in [0.717, 1.165) is 69.0 Å². The second kappa shape index (κ2) is 10.8. The van der Waals surface area contributed by atoms with Gasteiger partial charge in [0.05, 0.1) is 34.0 Å². The van der Waals surface area contributed by atoms with E-state index in [1.165, 1.54) is 0 Å². The van der Waals surface area contributed by atoms with Crippen molar-refractivity contribution in [1.29, 1.82) is 0 Å². The molecular formula is C18H30N4O3. The predicted octanol–water partition coefficient (Wildman–Crippen LogP) is 1.09. The predicted molar refractivity (Wildman–Crippen MR) is 99.6 cm³/mol. The van der Waals surface area contributed by atoms with Crippen LogP contribution in [-0.2, 0) is 11.3 Å². The molecule has 1 aliphatic rings. The Balaban J connectivity index is 1.89. The molecule has 7 heteroatoms. The number of ether oxygens (including phenoxy) is 3. The fourth-order valence-electron chi connectivity index (χ4n) is 2.65. The lowest BCUT2D eigenvalue weighted by atomic mass is 10.2. The zero-order valence-electron chi connectivity index (χ0n) is 15.5. The molecule has 25 heavy (non-hydrogen) atoms. The average molecular weight is 350 g/mol. The molecule has 2 rings (SSSR count).